The first kappa shape index (κ1) is 11.4. The summed E-state index contributed by atoms with van der Waals surface area (Å²) in [5, 5.41) is 8.55. The van der Waals surface area contributed by atoms with Gasteiger partial charge in [-0.25, -0.2) is 0 Å². The van der Waals surface area contributed by atoms with Gasteiger partial charge in [0.1, 0.15) is 0 Å². The van der Waals surface area contributed by atoms with Gasteiger partial charge in [0.05, 0.1) is 6.42 Å². The van der Waals surface area contributed by atoms with Crippen LogP contribution in [0.2, 0.25) is 0 Å². The van der Waals surface area contributed by atoms with E-state index >= 15 is 0 Å². The minimum Gasteiger partial charge on any atom is -0.481 e. The van der Waals surface area contributed by atoms with Crippen molar-refractivity contribution in [2.75, 3.05) is 0 Å². The molecule has 72 valence electrons. The van der Waals surface area contributed by atoms with Crippen LogP contribution in [0.3, 0.4) is 0 Å². The number of aliphatic carboxylic acids is 1. The fourth-order valence-corrected chi connectivity index (χ4v) is 1.36. The summed E-state index contributed by atoms with van der Waals surface area (Å²) in [5.41, 5.74) is 5.26. The molecule has 0 aliphatic rings. The maximum atomic E-state index is 10.4. The van der Waals surface area contributed by atoms with E-state index in [9.17, 15) is 4.79 Å². The normalized spacial score (nSPS) is 18.3. The van der Waals surface area contributed by atoms with Crippen molar-refractivity contribution in [2.24, 2.45) is 11.7 Å². The first-order chi connectivity index (χ1) is 5.37. The highest BCUT2D eigenvalue weighted by Gasteiger charge is 2.23. The van der Waals surface area contributed by atoms with E-state index in [0.717, 1.165) is 12.8 Å². The van der Waals surface area contributed by atoms with E-state index in [1.54, 1.807) is 6.92 Å². The Morgan fingerprint density at radius 3 is 2.50 bits per heavy atom. The fraction of sp³-hybridized carbons (Fsp3) is 0.889. The van der Waals surface area contributed by atoms with Gasteiger partial charge in [-0.2, -0.15) is 0 Å². The van der Waals surface area contributed by atoms with Crippen molar-refractivity contribution < 1.29 is 9.90 Å². The van der Waals surface area contributed by atoms with Gasteiger partial charge >= 0.3 is 5.97 Å². The highest BCUT2D eigenvalue weighted by atomic mass is 16.4. The van der Waals surface area contributed by atoms with Crippen LogP contribution in [0.5, 0.6) is 0 Å². The molecule has 0 fully saturated rings. The molecule has 0 spiro atoms. The molecule has 0 aromatic rings. The fourth-order valence-electron chi connectivity index (χ4n) is 1.36. The summed E-state index contributed by atoms with van der Waals surface area (Å²) in [4.78, 5) is 10.4. The zero-order valence-corrected chi connectivity index (χ0v) is 8.13. The van der Waals surface area contributed by atoms with Crippen molar-refractivity contribution >= 4 is 5.97 Å². The minimum absolute atomic E-state index is 0.0529. The van der Waals surface area contributed by atoms with Gasteiger partial charge in [0, 0.05) is 5.54 Å². The topological polar surface area (TPSA) is 63.3 Å². The summed E-state index contributed by atoms with van der Waals surface area (Å²) in [6, 6.07) is 0. The van der Waals surface area contributed by atoms with E-state index in [2.05, 4.69) is 13.8 Å². The van der Waals surface area contributed by atoms with Crippen LogP contribution in [-0.4, -0.2) is 16.6 Å². The summed E-state index contributed by atoms with van der Waals surface area (Å²) >= 11 is 0. The highest BCUT2D eigenvalue weighted by molar-refractivity contribution is 5.68. The maximum absolute atomic E-state index is 10.4. The zero-order valence-electron chi connectivity index (χ0n) is 8.13. The molecule has 0 amide bonds. The van der Waals surface area contributed by atoms with Crippen molar-refractivity contribution in [3.8, 4) is 0 Å². The molecule has 0 saturated heterocycles. The summed E-state index contributed by atoms with van der Waals surface area (Å²) in [7, 11) is 0. The first-order valence-corrected chi connectivity index (χ1v) is 4.38. The number of carboxylic acids is 1. The molecule has 2 unspecified atom stereocenters. The average Bonchev–Trinajstić information content (AvgIpc) is 1.83. The molecule has 12 heavy (non-hydrogen) atoms. The predicted molar refractivity (Wildman–Crippen MR) is 48.9 cm³/mol. The molecule has 3 nitrogen and oxygen atoms in total. The molecule has 0 aliphatic heterocycles. The van der Waals surface area contributed by atoms with E-state index in [-0.39, 0.29) is 6.42 Å². The summed E-state index contributed by atoms with van der Waals surface area (Å²) in [6.07, 6.45) is 1.87. The van der Waals surface area contributed by atoms with Crippen LogP contribution in [0.25, 0.3) is 0 Å². The van der Waals surface area contributed by atoms with Gasteiger partial charge < -0.3 is 10.8 Å². The molecule has 0 radical (unpaired) electrons. The summed E-state index contributed by atoms with van der Waals surface area (Å²) < 4.78 is 0. The molecule has 0 saturated carbocycles. The quantitative estimate of drug-likeness (QED) is 0.664. The lowest BCUT2D eigenvalue weighted by molar-refractivity contribution is -0.138. The van der Waals surface area contributed by atoms with Gasteiger partial charge in [0.15, 0.2) is 0 Å². The Labute approximate surface area is 74.0 Å². The molecule has 0 aromatic heterocycles. The van der Waals surface area contributed by atoms with Crippen molar-refractivity contribution in [1.29, 1.82) is 0 Å². The van der Waals surface area contributed by atoms with Crippen LogP contribution in [0.4, 0.5) is 0 Å². The predicted octanol–water partition coefficient (Wildman–Crippen LogP) is 1.61. The second-order valence-electron chi connectivity index (χ2n) is 3.94. The number of carboxylic acid groups (broad SMARTS) is 1. The van der Waals surface area contributed by atoms with Crippen molar-refractivity contribution in [3.63, 3.8) is 0 Å². The van der Waals surface area contributed by atoms with E-state index in [1.165, 1.54) is 0 Å². The first-order valence-electron chi connectivity index (χ1n) is 4.38. The number of nitrogens with two attached hydrogens (primary N) is 1. The number of carbonyl (C=O) groups is 1. The molecular formula is C9H19NO2. The molecular weight excluding hydrogens is 154 g/mol. The van der Waals surface area contributed by atoms with Crippen LogP contribution in [0, 0.1) is 5.92 Å². The summed E-state index contributed by atoms with van der Waals surface area (Å²) in [5.74, 6) is -0.317. The Morgan fingerprint density at radius 2 is 2.17 bits per heavy atom. The van der Waals surface area contributed by atoms with E-state index in [4.69, 9.17) is 10.8 Å². The third-order valence-corrected chi connectivity index (χ3v) is 2.07. The minimum atomic E-state index is -0.816. The van der Waals surface area contributed by atoms with E-state index in [1.807, 2.05) is 0 Å². The van der Waals surface area contributed by atoms with Crippen molar-refractivity contribution in [1.82, 2.24) is 0 Å². The second-order valence-corrected chi connectivity index (χ2v) is 3.94. The Hall–Kier alpha value is -0.570. The van der Waals surface area contributed by atoms with Crippen LogP contribution in [-0.2, 0) is 4.79 Å². The Balaban J connectivity index is 3.94. The molecule has 0 aromatic carbocycles. The van der Waals surface area contributed by atoms with Crippen molar-refractivity contribution in [2.45, 2.75) is 45.6 Å². The molecule has 3 N–H and O–H groups in total. The molecule has 2 atom stereocenters. The highest BCUT2D eigenvalue weighted by Crippen LogP contribution is 2.19. The standard InChI is InChI=1S/C9H19NO2/c1-4-7(2)5-9(3,10)6-8(11)12/h7H,4-6,10H2,1-3H3,(H,11,12). The molecule has 3 heteroatoms. The number of rotatable bonds is 5. The van der Waals surface area contributed by atoms with Crippen LogP contribution in [0.1, 0.15) is 40.0 Å². The lowest BCUT2D eigenvalue weighted by Gasteiger charge is -2.25. The third kappa shape index (κ3) is 5.13. The van der Waals surface area contributed by atoms with Gasteiger partial charge in [-0.3, -0.25) is 4.79 Å². The average molecular weight is 173 g/mol. The molecule has 0 rings (SSSR count). The van der Waals surface area contributed by atoms with Crippen LogP contribution < -0.4 is 5.73 Å². The van der Waals surface area contributed by atoms with Crippen LogP contribution >= 0.6 is 0 Å². The van der Waals surface area contributed by atoms with Crippen molar-refractivity contribution in [3.05, 3.63) is 0 Å². The third-order valence-electron chi connectivity index (χ3n) is 2.07. The smallest absolute Gasteiger partial charge is 0.305 e. The molecule has 0 bridgehead atoms. The maximum Gasteiger partial charge on any atom is 0.305 e. The van der Waals surface area contributed by atoms with E-state index in [0.29, 0.717) is 5.92 Å². The summed E-state index contributed by atoms with van der Waals surface area (Å²) in [6.45, 7) is 5.97. The lowest BCUT2D eigenvalue weighted by Crippen LogP contribution is -2.40. The van der Waals surface area contributed by atoms with Gasteiger partial charge in [0.25, 0.3) is 0 Å². The Morgan fingerprint density at radius 1 is 1.67 bits per heavy atom. The van der Waals surface area contributed by atoms with Gasteiger partial charge in [-0.15, -0.1) is 0 Å². The Bertz CT molecular complexity index is 155. The van der Waals surface area contributed by atoms with Gasteiger partial charge in [0.2, 0.25) is 0 Å². The molecule has 0 aliphatic carbocycles. The van der Waals surface area contributed by atoms with Gasteiger partial charge in [-0.05, 0) is 19.3 Å². The number of hydrogen-bond donors (Lipinski definition) is 2. The Kier molecular flexibility index (Phi) is 4.24. The largest absolute Gasteiger partial charge is 0.481 e. The van der Waals surface area contributed by atoms with Gasteiger partial charge in [-0.1, -0.05) is 20.3 Å². The lowest BCUT2D eigenvalue weighted by atomic mass is 9.87. The monoisotopic (exact) mass is 173 g/mol. The second kappa shape index (κ2) is 4.45. The van der Waals surface area contributed by atoms with E-state index < -0.39 is 11.5 Å². The zero-order chi connectivity index (χ0) is 9.78. The number of hydrogen-bond acceptors (Lipinski definition) is 2. The van der Waals surface area contributed by atoms with Crippen LogP contribution in [0.15, 0.2) is 0 Å². The SMILES string of the molecule is CCC(C)CC(C)(N)CC(=O)O. The molecule has 0 heterocycles.